The van der Waals surface area contributed by atoms with Crippen molar-refractivity contribution in [2.75, 3.05) is 40.3 Å². The Morgan fingerprint density at radius 3 is 2.32 bits per heavy atom. The average Bonchev–Trinajstić information content (AvgIpc) is 2.68. The van der Waals surface area contributed by atoms with E-state index in [-0.39, 0.29) is 10.8 Å². The Morgan fingerprint density at radius 1 is 1.00 bits per heavy atom. The molecule has 150 valence electrons. The molecule has 1 amide bonds. The molecule has 1 aliphatic rings. The van der Waals surface area contributed by atoms with Gasteiger partial charge in [0.1, 0.15) is 0 Å². The zero-order valence-corrected chi connectivity index (χ0v) is 17.4. The number of hydrogen-bond acceptors (Lipinski definition) is 4. The molecule has 7 heteroatoms. The van der Waals surface area contributed by atoms with Crippen molar-refractivity contribution in [3.05, 3.63) is 65.2 Å². The normalized spacial score (nSPS) is 15.8. The molecule has 0 spiro atoms. The van der Waals surface area contributed by atoms with Crippen molar-refractivity contribution in [1.82, 2.24) is 14.1 Å². The van der Waals surface area contributed by atoms with Crippen molar-refractivity contribution in [1.29, 1.82) is 0 Å². The quantitative estimate of drug-likeness (QED) is 0.771. The number of rotatable bonds is 5. The zero-order valence-electron chi connectivity index (χ0n) is 16.6. The van der Waals surface area contributed by atoms with E-state index in [9.17, 15) is 13.2 Å². The van der Waals surface area contributed by atoms with Crippen LogP contribution in [-0.2, 0) is 16.6 Å². The van der Waals surface area contributed by atoms with Gasteiger partial charge in [-0.1, -0.05) is 35.9 Å². The fraction of sp³-hybridized carbons (Fsp3) is 0.381. The molecule has 0 aliphatic carbocycles. The third kappa shape index (κ3) is 4.60. The highest BCUT2D eigenvalue weighted by Gasteiger charge is 2.24. The minimum Gasteiger partial charge on any atom is -0.336 e. The van der Waals surface area contributed by atoms with Crippen LogP contribution in [0.4, 0.5) is 0 Å². The summed E-state index contributed by atoms with van der Waals surface area (Å²) < 4.78 is 25.8. The third-order valence-electron chi connectivity index (χ3n) is 5.01. The summed E-state index contributed by atoms with van der Waals surface area (Å²) in [6.45, 7) is 5.83. The van der Waals surface area contributed by atoms with Crippen LogP contribution in [0.1, 0.15) is 21.5 Å². The van der Waals surface area contributed by atoms with Gasteiger partial charge in [-0.25, -0.2) is 12.7 Å². The van der Waals surface area contributed by atoms with E-state index < -0.39 is 10.0 Å². The molecule has 1 saturated heterocycles. The van der Waals surface area contributed by atoms with Gasteiger partial charge in [0.05, 0.1) is 4.90 Å². The summed E-state index contributed by atoms with van der Waals surface area (Å²) in [7, 11) is -0.589. The van der Waals surface area contributed by atoms with E-state index in [4.69, 9.17) is 0 Å². The minimum absolute atomic E-state index is 0.119. The van der Waals surface area contributed by atoms with Crippen molar-refractivity contribution in [3.8, 4) is 0 Å². The van der Waals surface area contributed by atoms with Crippen LogP contribution in [0.15, 0.2) is 53.4 Å². The molecule has 2 aromatic rings. The Morgan fingerprint density at radius 2 is 1.68 bits per heavy atom. The van der Waals surface area contributed by atoms with E-state index in [0.29, 0.717) is 18.7 Å². The van der Waals surface area contributed by atoms with Crippen LogP contribution in [0.5, 0.6) is 0 Å². The summed E-state index contributed by atoms with van der Waals surface area (Å²) in [6, 6.07) is 14.8. The lowest BCUT2D eigenvalue weighted by atomic mass is 10.1. The SMILES string of the molecule is Cc1cccc(CN2CCN(C(=O)c3cccc(S(=O)(=O)N(C)C)c3)CC2)c1. The van der Waals surface area contributed by atoms with Gasteiger partial charge in [0.15, 0.2) is 0 Å². The van der Waals surface area contributed by atoms with Gasteiger partial charge in [-0.3, -0.25) is 9.69 Å². The van der Waals surface area contributed by atoms with Crippen LogP contribution in [-0.4, -0.2) is 68.7 Å². The molecule has 0 saturated carbocycles. The third-order valence-corrected chi connectivity index (χ3v) is 6.82. The highest BCUT2D eigenvalue weighted by Crippen LogP contribution is 2.17. The van der Waals surface area contributed by atoms with E-state index in [0.717, 1.165) is 23.9 Å². The fourth-order valence-corrected chi connectivity index (χ4v) is 4.31. The lowest BCUT2D eigenvalue weighted by Gasteiger charge is -2.35. The highest BCUT2D eigenvalue weighted by molar-refractivity contribution is 7.89. The number of hydrogen-bond donors (Lipinski definition) is 0. The zero-order chi connectivity index (χ0) is 20.3. The molecule has 1 heterocycles. The Balaban J connectivity index is 1.64. The predicted octanol–water partition coefficient (Wildman–Crippen LogP) is 2.20. The molecule has 2 aromatic carbocycles. The molecular formula is C21H27N3O3S. The summed E-state index contributed by atoms with van der Waals surface area (Å²) in [4.78, 5) is 17.1. The monoisotopic (exact) mass is 401 g/mol. The summed E-state index contributed by atoms with van der Waals surface area (Å²) in [5.41, 5.74) is 2.94. The minimum atomic E-state index is -3.56. The standard InChI is InChI=1S/C21H27N3O3S/c1-17-6-4-7-18(14-17)16-23-10-12-24(13-11-23)21(25)19-8-5-9-20(15-19)28(26,27)22(2)3/h4-9,14-15H,10-13,16H2,1-3H3. The molecule has 1 fully saturated rings. The number of nitrogens with zero attached hydrogens (tertiary/aromatic N) is 3. The molecule has 0 N–H and O–H groups in total. The van der Waals surface area contributed by atoms with Gasteiger partial charge in [-0.15, -0.1) is 0 Å². The Labute approximate surface area is 167 Å². The van der Waals surface area contributed by atoms with E-state index in [1.54, 1.807) is 17.0 Å². The van der Waals surface area contributed by atoms with Crippen LogP contribution < -0.4 is 0 Å². The van der Waals surface area contributed by atoms with Gasteiger partial charge < -0.3 is 4.90 Å². The number of carbonyl (C=O) groups excluding carboxylic acids is 1. The fourth-order valence-electron chi connectivity index (χ4n) is 3.36. The number of piperazine rings is 1. The van der Waals surface area contributed by atoms with Crippen LogP contribution in [0.25, 0.3) is 0 Å². The van der Waals surface area contributed by atoms with Crippen LogP contribution in [0, 0.1) is 6.92 Å². The highest BCUT2D eigenvalue weighted by atomic mass is 32.2. The van der Waals surface area contributed by atoms with Gasteiger partial charge in [0, 0.05) is 52.4 Å². The number of aryl methyl sites for hydroxylation is 1. The second-order valence-electron chi connectivity index (χ2n) is 7.37. The maximum Gasteiger partial charge on any atom is 0.253 e. The van der Waals surface area contributed by atoms with Gasteiger partial charge in [0.2, 0.25) is 10.0 Å². The van der Waals surface area contributed by atoms with Gasteiger partial charge in [-0.2, -0.15) is 0 Å². The van der Waals surface area contributed by atoms with Crippen LogP contribution in [0.2, 0.25) is 0 Å². The lowest BCUT2D eigenvalue weighted by molar-refractivity contribution is 0.0628. The predicted molar refractivity (Wildman–Crippen MR) is 110 cm³/mol. The van der Waals surface area contributed by atoms with Crippen LogP contribution in [0.3, 0.4) is 0 Å². The Bertz CT molecular complexity index is 949. The van der Waals surface area contributed by atoms with Gasteiger partial charge in [0.25, 0.3) is 5.91 Å². The maximum absolute atomic E-state index is 12.9. The largest absolute Gasteiger partial charge is 0.336 e. The van der Waals surface area contributed by atoms with Gasteiger partial charge >= 0.3 is 0 Å². The molecular weight excluding hydrogens is 374 g/mol. The van der Waals surface area contributed by atoms with Crippen molar-refractivity contribution in [2.45, 2.75) is 18.4 Å². The summed E-state index contributed by atoms with van der Waals surface area (Å²) >= 11 is 0. The van der Waals surface area contributed by atoms with Crippen LogP contribution >= 0.6 is 0 Å². The molecule has 6 nitrogen and oxygen atoms in total. The first-order valence-corrected chi connectivity index (χ1v) is 10.8. The first kappa shape index (κ1) is 20.5. The number of amides is 1. The first-order chi connectivity index (χ1) is 13.3. The molecule has 0 aromatic heterocycles. The van der Waals surface area contributed by atoms with E-state index in [1.165, 1.54) is 37.4 Å². The Hall–Kier alpha value is -2.22. The van der Waals surface area contributed by atoms with Crippen molar-refractivity contribution < 1.29 is 13.2 Å². The lowest BCUT2D eigenvalue weighted by Crippen LogP contribution is -2.48. The number of sulfonamides is 1. The van der Waals surface area contributed by atoms with Crippen molar-refractivity contribution in [2.24, 2.45) is 0 Å². The van der Waals surface area contributed by atoms with Crippen molar-refractivity contribution in [3.63, 3.8) is 0 Å². The number of carbonyl (C=O) groups is 1. The first-order valence-electron chi connectivity index (χ1n) is 9.37. The molecule has 0 atom stereocenters. The summed E-state index contributed by atoms with van der Waals surface area (Å²) in [5, 5.41) is 0. The summed E-state index contributed by atoms with van der Waals surface area (Å²) in [6.07, 6.45) is 0. The van der Waals surface area contributed by atoms with Gasteiger partial charge in [-0.05, 0) is 30.7 Å². The topological polar surface area (TPSA) is 60.9 Å². The average molecular weight is 402 g/mol. The molecule has 28 heavy (non-hydrogen) atoms. The second-order valence-corrected chi connectivity index (χ2v) is 9.52. The summed E-state index contributed by atoms with van der Waals surface area (Å²) in [5.74, 6) is -0.119. The molecule has 1 aliphatic heterocycles. The van der Waals surface area contributed by atoms with E-state index >= 15 is 0 Å². The Kier molecular flexibility index (Phi) is 6.17. The second kappa shape index (κ2) is 8.43. The molecule has 0 unspecified atom stereocenters. The molecule has 0 radical (unpaired) electrons. The molecule has 3 rings (SSSR count). The smallest absolute Gasteiger partial charge is 0.253 e. The maximum atomic E-state index is 12.9. The van der Waals surface area contributed by atoms with E-state index in [2.05, 4.69) is 36.1 Å². The molecule has 0 bridgehead atoms. The number of benzene rings is 2. The van der Waals surface area contributed by atoms with E-state index in [1.807, 2.05) is 0 Å². The van der Waals surface area contributed by atoms with Crippen molar-refractivity contribution >= 4 is 15.9 Å².